The topological polar surface area (TPSA) is 147 Å². The number of aromatic nitrogens is 6. The lowest BCUT2D eigenvalue weighted by atomic mass is 10.0. The molecule has 1 amide bonds. The summed E-state index contributed by atoms with van der Waals surface area (Å²) in [5.74, 6) is 1.41. The van der Waals surface area contributed by atoms with E-state index in [1.165, 1.54) is 6.33 Å². The normalized spacial score (nSPS) is 20.4. The Balaban J connectivity index is 1.38. The highest BCUT2D eigenvalue weighted by Gasteiger charge is 2.37. The van der Waals surface area contributed by atoms with E-state index in [1.54, 1.807) is 13.1 Å². The maximum absolute atomic E-state index is 12.2. The Hall–Kier alpha value is -3.86. The lowest BCUT2D eigenvalue weighted by Gasteiger charge is -2.18. The molecular weight excluding hydrogens is 472 g/mol. The Morgan fingerprint density at radius 2 is 2.08 bits per heavy atom. The van der Waals surface area contributed by atoms with Crippen LogP contribution < -0.4 is 11.1 Å². The highest BCUT2D eigenvalue weighted by Crippen LogP contribution is 2.48. The summed E-state index contributed by atoms with van der Waals surface area (Å²) in [6, 6.07) is 5.82. The zero-order valence-corrected chi connectivity index (χ0v) is 20.9. The smallest absolute Gasteiger partial charge is 0.248 e. The summed E-state index contributed by atoms with van der Waals surface area (Å²) in [7, 11) is 0. The second-order valence-electron chi connectivity index (χ2n) is 9.77. The summed E-state index contributed by atoms with van der Waals surface area (Å²) in [6.45, 7) is 4.26. The first-order chi connectivity index (χ1) is 18.0. The summed E-state index contributed by atoms with van der Waals surface area (Å²) >= 11 is 0. The van der Waals surface area contributed by atoms with Crippen molar-refractivity contribution in [3.05, 3.63) is 36.5 Å². The van der Waals surface area contributed by atoms with Crippen molar-refractivity contribution < 1.29 is 14.1 Å². The summed E-state index contributed by atoms with van der Waals surface area (Å²) in [4.78, 5) is 25.5. The van der Waals surface area contributed by atoms with Crippen molar-refractivity contribution in [1.82, 2.24) is 35.2 Å². The molecule has 0 radical (unpaired) electrons. The molecule has 0 spiro atoms. The molecule has 3 N–H and O–H groups in total. The van der Waals surface area contributed by atoms with Crippen molar-refractivity contribution >= 4 is 22.8 Å². The number of carbonyl (C=O) groups excluding carboxylic acids is 1. The van der Waals surface area contributed by atoms with E-state index in [4.69, 9.17) is 20.1 Å². The maximum atomic E-state index is 12.2. The Bertz CT molecular complexity index is 1430. The van der Waals surface area contributed by atoms with Crippen molar-refractivity contribution in [1.29, 1.82) is 0 Å². The van der Waals surface area contributed by atoms with Crippen LogP contribution in [-0.4, -0.2) is 54.5 Å². The highest BCUT2D eigenvalue weighted by molar-refractivity contribution is 6.00. The number of ether oxygens (including phenoxy) is 1. The number of nitrogen functional groups attached to an aromatic ring is 1. The van der Waals surface area contributed by atoms with Crippen molar-refractivity contribution in [3.63, 3.8) is 0 Å². The maximum Gasteiger partial charge on any atom is 0.248 e. The first kappa shape index (κ1) is 23.5. The van der Waals surface area contributed by atoms with Gasteiger partial charge in [0.25, 0.3) is 0 Å². The minimum Gasteiger partial charge on any atom is -0.383 e. The van der Waals surface area contributed by atoms with E-state index in [0.717, 1.165) is 42.7 Å². The molecule has 4 aromatic heterocycles. The molecule has 192 valence electrons. The third kappa shape index (κ3) is 4.33. The van der Waals surface area contributed by atoms with Gasteiger partial charge in [-0.15, -0.1) is 0 Å². The van der Waals surface area contributed by atoms with Crippen molar-refractivity contribution in [2.24, 2.45) is 0 Å². The van der Waals surface area contributed by atoms with Crippen molar-refractivity contribution in [2.45, 2.75) is 70.1 Å². The third-order valence-electron chi connectivity index (χ3n) is 7.15. The Morgan fingerprint density at radius 3 is 2.84 bits per heavy atom. The monoisotopic (exact) mass is 502 g/mol. The predicted molar refractivity (Wildman–Crippen MR) is 136 cm³/mol. The summed E-state index contributed by atoms with van der Waals surface area (Å²) < 4.78 is 13.9. The lowest BCUT2D eigenvalue weighted by Crippen LogP contribution is -2.36. The summed E-state index contributed by atoms with van der Waals surface area (Å²) in [6.07, 6.45) is 7.15. The van der Waals surface area contributed by atoms with Crippen molar-refractivity contribution in [2.75, 3.05) is 12.3 Å². The molecule has 6 rings (SSSR count). The van der Waals surface area contributed by atoms with Gasteiger partial charge in [-0.2, -0.15) is 5.10 Å². The van der Waals surface area contributed by atoms with Gasteiger partial charge >= 0.3 is 0 Å². The van der Waals surface area contributed by atoms with E-state index in [9.17, 15) is 4.79 Å². The van der Waals surface area contributed by atoms with Gasteiger partial charge in [0, 0.05) is 18.7 Å². The molecule has 3 atom stereocenters. The first-order valence-electron chi connectivity index (χ1n) is 12.9. The van der Waals surface area contributed by atoms with Gasteiger partial charge in [0.2, 0.25) is 5.91 Å². The number of nitrogens with one attached hydrogen (secondary N) is 1. The van der Waals surface area contributed by atoms with Crippen LogP contribution in [0, 0.1) is 0 Å². The van der Waals surface area contributed by atoms with Crippen LogP contribution in [0.5, 0.6) is 0 Å². The largest absolute Gasteiger partial charge is 0.383 e. The fraction of sp³-hybridized carbons (Fsp3) is 0.462. The summed E-state index contributed by atoms with van der Waals surface area (Å²) in [5, 5.41) is 12.9. The molecule has 0 aliphatic heterocycles. The van der Waals surface area contributed by atoms with E-state index < -0.39 is 6.10 Å². The fourth-order valence-electron chi connectivity index (χ4n) is 5.19. The SMILES string of the molecule is CCNC(=O)C(C)O[C@@H]1CC[C@@H](n2nc(-c3noc(C4CC4)c3-c3ccccn3)c3c(N)ncnc32)C1. The fourth-order valence-corrected chi connectivity index (χ4v) is 5.19. The molecule has 2 aliphatic carbocycles. The molecule has 11 nitrogen and oxygen atoms in total. The molecule has 2 aliphatic rings. The number of hydrogen-bond acceptors (Lipinski definition) is 9. The number of rotatable bonds is 8. The van der Waals surface area contributed by atoms with Crippen LogP contribution in [0.2, 0.25) is 0 Å². The van der Waals surface area contributed by atoms with Gasteiger partial charge in [0.15, 0.2) is 5.65 Å². The van der Waals surface area contributed by atoms with Crippen LogP contribution in [0.4, 0.5) is 5.82 Å². The van der Waals surface area contributed by atoms with Crippen LogP contribution in [0.1, 0.15) is 63.7 Å². The molecule has 2 saturated carbocycles. The molecule has 1 unspecified atom stereocenters. The Morgan fingerprint density at radius 1 is 1.22 bits per heavy atom. The van der Waals surface area contributed by atoms with Gasteiger partial charge in [-0.3, -0.25) is 9.78 Å². The zero-order valence-electron chi connectivity index (χ0n) is 20.9. The molecule has 0 saturated heterocycles. The molecule has 0 aromatic carbocycles. The number of nitrogens with zero attached hydrogens (tertiary/aromatic N) is 6. The van der Waals surface area contributed by atoms with Gasteiger partial charge in [0.1, 0.15) is 35.4 Å². The van der Waals surface area contributed by atoms with E-state index in [-0.39, 0.29) is 18.1 Å². The number of anilines is 1. The predicted octanol–water partition coefficient (Wildman–Crippen LogP) is 3.64. The Labute approximate surface area is 213 Å². The minimum atomic E-state index is -0.511. The zero-order chi connectivity index (χ0) is 25.5. The summed E-state index contributed by atoms with van der Waals surface area (Å²) in [5.41, 5.74) is 9.85. The van der Waals surface area contributed by atoms with Crippen LogP contribution in [0.15, 0.2) is 35.2 Å². The molecule has 4 heterocycles. The van der Waals surface area contributed by atoms with Gasteiger partial charge in [-0.25, -0.2) is 14.6 Å². The first-order valence-corrected chi connectivity index (χ1v) is 12.9. The molecule has 37 heavy (non-hydrogen) atoms. The number of likely N-dealkylation sites (N-methyl/N-ethyl adjacent to an activating group) is 1. The molecular formula is C26H30N8O3. The number of fused-ring (bicyclic) bond motifs is 1. The number of nitrogens with two attached hydrogens (primary N) is 1. The van der Waals surface area contributed by atoms with Crippen LogP contribution >= 0.6 is 0 Å². The molecule has 0 bridgehead atoms. The lowest BCUT2D eigenvalue weighted by molar-refractivity contribution is -0.135. The number of carbonyl (C=O) groups is 1. The third-order valence-corrected chi connectivity index (χ3v) is 7.15. The number of amides is 1. The quantitative estimate of drug-likeness (QED) is 0.368. The van der Waals surface area contributed by atoms with Gasteiger partial charge in [-0.05, 0) is 58.1 Å². The van der Waals surface area contributed by atoms with Crippen molar-refractivity contribution in [3.8, 4) is 22.6 Å². The average molecular weight is 503 g/mol. The van der Waals surface area contributed by atoms with Gasteiger partial charge < -0.3 is 20.3 Å². The van der Waals surface area contributed by atoms with Gasteiger partial charge in [-0.1, -0.05) is 11.2 Å². The average Bonchev–Trinajstić information content (AvgIpc) is 3.31. The van der Waals surface area contributed by atoms with E-state index in [0.29, 0.717) is 47.1 Å². The standard InChI is InChI=1S/C26H30N8O3/c1-3-28-26(35)14(2)36-17-10-9-16(12-17)34-25-20(24(27)30-13-31-25)21(32-34)22-19(18-6-4-5-11-29-18)23(37-33-22)15-7-8-15/h4-6,11,13-17H,3,7-10,12H2,1-2H3,(H,28,35)(H2,27,30,31)/t14?,16-,17-/m1/s1. The van der Waals surface area contributed by atoms with E-state index >= 15 is 0 Å². The second-order valence-corrected chi connectivity index (χ2v) is 9.77. The molecule has 11 heteroatoms. The molecule has 2 fully saturated rings. The number of hydrogen-bond donors (Lipinski definition) is 2. The van der Waals surface area contributed by atoms with Gasteiger partial charge in [0.05, 0.1) is 28.8 Å². The minimum absolute atomic E-state index is 0.0325. The molecule has 4 aromatic rings. The van der Waals surface area contributed by atoms with E-state index in [1.807, 2.05) is 29.8 Å². The Kier molecular flexibility index (Phi) is 6.07. The van der Waals surface area contributed by atoms with Crippen LogP contribution in [0.25, 0.3) is 33.7 Å². The van der Waals surface area contributed by atoms with E-state index in [2.05, 4.69) is 25.4 Å². The number of pyridine rings is 1. The second kappa shape index (κ2) is 9.55. The highest BCUT2D eigenvalue weighted by atomic mass is 16.5. The van der Waals surface area contributed by atoms with Crippen LogP contribution in [-0.2, 0) is 9.53 Å². The van der Waals surface area contributed by atoms with Crippen LogP contribution in [0.3, 0.4) is 0 Å².